The SMILES string of the molecule is CSc1ccc(-c2csc(-c3ccccc3O)n2)cc1. The van der Waals surface area contributed by atoms with Gasteiger partial charge in [-0.1, -0.05) is 24.3 Å². The fourth-order valence-corrected chi connectivity index (χ4v) is 3.22. The van der Waals surface area contributed by atoms with Gasteiger partial charge in [0, 0.05) is 15.8 Å². The lowest BCUT2D eigenvalue weighted by Gasteiger charge is -2.00. The van der Waals surface area contributed by atoms with Gasteiger partial charge in [0.1, 0.15) is 10.8 Å². The molecular weight excluding hydrogens is 286 g/mol. The van der Waals surface area contributed by atoms with E-state index in [2.05, 4.69) is 35.5 Å². The quantitative estimate of drug-likeness (QED) is 0.698. The zero-order chi connectivity index (χ0) is 13.9. The van der Waals surface area contributed by atoms with Gasteiger partial charge in [0.05, 0.1) is 11.3 Å². The van der Waals surface area contributed by atoms with E-state index < -0.39 is 0 Å². The van der Waals surface area contributed by atoms with E-state index in [1.165, 1.54) is 4.90 Å². The summed E-state index contributed by atoms with van der Waals surface area (Å²) in [6.45, 7) is 0. The van der Waals surface area contributed by atoms with E-state index in [-0.39, 0.29) is 5.75 Å². The summed E-state index contributed by atoms with van der Waals surface area (Å²) in [5.41, 5.74) is 2.83. The second-order valence-corrected chi connectivity index (χ2v) is 6.02. The molecule has 0 saturated heterocycles. The molecule has 0 saturated carbocycles. The van der Waals surface area contributed by atoms with Gasteiger partial charge in [0.25, 0.3) is 0 Å². The number of para-hydroxylation sites is 1. The molecule has 0 spiro atoms. The van der Waals surface area contributed by atoms with Crippen molar-refractivity contribution in [3.63, 3.8) is 0 Å². The van der Waals surface area contributed by atoms with Crippen LogP contribution in [0.15, 0.2) is 58.8 Å². The lowest BCUT2D eigenvalue weighted by molar-refractivity contribution is 0.477. The third-order valence-electron chi connectivity index (χ3n) is 3.02. The van der Waals surface area contributed by atoms with Gasteiger partial charge >= 0.3 is 0 Å². The molecule has 0 aliphatic rings. The second-order valence-electron chi connectivity index (χ2n) is 4.28. The third kappa shape index (κ3) is 2.57. The Morgan fingerprint density at radius 3 is 2.50 bits per heavy atom. The molecule has 1 N–H and O–H groups in total. The highest BCUT2D eigenvalue weighted by molar-refractivity contribution is 7.98. The largest absolute Gasteiger partial charge is 0.507 e. The van der Waals surface area contributed by atoms with Gasteiger partial charge in [-0.3, -0.25) is 0 Å². The summed E-state index contributed by atoms with van der Waals surface area (Å²) in [6.07, 6.45) is 2.06. The fourth-order valence-electron chi connectivity index (χ4n) is 1.95. The minimum atomic E-state index is 0.270. The maximum atomic E-state index is 9.88. The molecule has 1 aromatic heterocycles. The van der Waals surface area contributed by atoms with Crippen LogP contribution in [0.5, 0.6) is 5.75 Å². The first kappa shape index (κ1) is 13.2. The number of phenols is 1. The average Bonchev–Trinajstić information content (AvgIpc) is 2.97. The van der Waals surface area contributed by atoms with Crippen molar-refractivity contribution in [3.05, 3.63) is 53.9 Å². The maximum absolute atomic E-state index is 9.88. The first-order valence-electron chi connectivity index (χ1n) is 6.16. The molecule has 0 unspecified atom stereocenters. The first-order chi connectivity index (χ1) is 9.78. The highest BCUT2D eigenvalue weighted by atomic mass is 32.2. The second kappa shape index (κ2) is 5.69. The number of hydrogen-bond donors (Lipinski definition) is 1. The van der Waals surface area contributed by atoms with Crippen LogP contribution in [0.3, 0.4) is 0 Å². The van der Waals surface area contributed by atoms with Gasteiger partial charge in [-0.25, -0.2) is 4.98 Å². The number of hydrogen-bond acceptors (Lipinski definition) is 4. The van der Waals surface area contributed by atoms with Crippen molar-refractivity contribution in [1.29, 1.82) is 0 Å². The standard InChI is InChI=1S/C16H13NOS2/c1-19-12-8-6-11(7-9-12)14-10-20-16(17-14)13-4-2-3-5-15(13)18/h2-10,18H,1H3. The molecule has 3 aromatic rings. The number of nitrogens with zero attached hydrogens (tertiary/aromatic N) is 1. The summed E-state index contributed by atoms with van der Waals surface area (Å²) in [5.74, 6) is 0.270. The molecule has 20 heavy (non-hydrogen) atoms. The Labute approximate surface area is 126 Å². The summed E-state index contributed by atoms with van der Waals surface area (Å²) < 4.78 is 0. The number of rotatable bonds is 3. The van der Waals surface area contributed by atoms with E-state index in [1.807, 2.05) is 23.6 Å². The van der Waals surface area contributed by atoms with Crippen LogP contribution >= 0.6 is 23.1 Å². The van der Waals surface area contributed by atoms with Crippen molar-refractivity contribution in [1.82, 2.24) is 4.98 Å². The molecule has 3 rings (SSSR count). The number of phenolic OH excluding ortho intramolecular Hbond substituents is 1. The minimum absolute atomic E-state index is 0.270. The van der Waals surface area contributed by atoms with Crippen molar-refractivity contribution in [2.24, 2.45) is 0 Å². The highest BCUT2D eigenvalue weighted by Gasteiger charge is 2.09. The molecule has 0 radical (unpaired) electrons. The van der Waals surface area contributed by atoms with Crippen molar-refractivity contribution in [2.75, 3.05) is 6.26 Å². The first-order valence-corrected chi connectivity index (χ1v) is 8.26. The number of benzene rings is 2. The Morgan fingerprint density at radius 1 is 1.05 bits per heavy atom. The molecule has 0 atom stereocenters. The van der Waals surface area contributed by atoms with Gasteiger partial charge in [-0.2, -0.15) is 0 Å². The molecule has 2 aromatic carbocycles. The van der Waals surface area contributed by atoms with Gasteiger partial charge < -0.3 is 5.11 Å². The molecule has 2 nitrogen and oxygen atoms in total. The van der Waals surface area contributed by atoms with E-state index in [1.54, 1.807) is 29.2 Å². The third-order valence-corrected chi connectivity index (χ3v) is 4.64. The smallest absolute Gasteiger partial charge is 0.127 e. The number of thioether (sulfide) groups is 1. The van der Waals surface area contributed by atoms with Gasteiger partial charge in [-0.15, -0.1) is 23.1 Å². The number of thiazole rings is 1. The molecule has 1 heterocycles. The van der Waals surface area contributed by atoms with Crippen molar-refractivity contribution in [3.8, 4) is 27.6 Å². The van der Waals surface area contributed by atoms with E-state index in [9.17, 15) is 5.11 Å². The van der Waals surface area contributed by atoms with Gasteiger partial charge in [0.2, 0.25) is 0 Å². The lowest BCUT2D eigenvalue weighted by Crippen LogP contribution is -1.80. The molecular formula is C16H13NOS2. The Morgan fingerprint density at radius 2 is 1.80 bits per heavy atom. The summed E-state index contributed by atoms with van der Waals surface area (Å²) >= 11 is 3.27. The van der Waals surface area contributed by atoms with Crippen LogP contribution in [0.25, 0.3) is 21.8 Å². The maximum Gasteiger partial charge on any atom is 0.127 e. The average molecular weight is 299 g/mol. The van der Waals surface area contributed by atoms with E-state index in [4.69, 9.17) is 0 Å². The van der Waals surface area contributed by atoms with Crippen LogP contribution in [-0.4, -0.2) is 16.3 Å². The van der Waals surface area contributed by atoms with Crippen molar-refractivity contribution >= 4 is 23.1 Å². The van der Waals surface area contributed by atoms with Crippen LogP contribution in [0, 0.1) is 0 Å². The van der Waals surface area contributed by atoms with Crippen LogP contribution in [-0.2, 0) is 0 Å². The molecule has 0 fully saturated rings. The predicted octanol–water partition coefficient (Wildman–Crippen LogP) is 4.90. The number of aromatic nitrogens is 1. The molecule has 0 aliphatic carbocycles. The predicted molar refractivity (Wildman–Crippen MR) is 86.4 cm³/mol. The summed E-state index contributed by atoms with van der Waals surface area (Å²) in [5, 5.41) is 12.7. The zero-order valence-corrected chi connectivity index (χ0v) is 12.5. The Balaban J connectivity index is 1.95. The van der Waals surface area contributed by atoms with Crippen LogP contribution in [0.1, 0.15) is 0 Å². The molecule has 0 amide bonds. The van der Waals surface area contributed by atoms with Crippen LogP contribution in [0.2, 0.25) is 0 Å². The topological polar surface area (TPSA) is 33.1 Å². The molecule has 0 aliphatic heterocycles. The molecule has 0 bridgehead atoms. The normalized spacial score (nSPS) is 10.7. The summed E-state index contributed by atoms with van der Waals surface area (Å²) in [7, 11) is 0. The van der Waals surface area contributed by atoms with E-state index in [0.29, 0.717) is 0 Å². The van der Waals surface area contributed by atoms with Crippen molar-refractivity contribution in [2.45, 2.75) is 4.90 Å². The van der Waals surface area contributed by atoms with Crippen molar-refractivity contribution < 1.29 is 5.11 Å². The molecule has 4 heteroatoms. The Bertz CT molecular complexity index is 719. The Kier molecular flexibility index (Phi) is 3.76. The fraction of sp³-hybridized carbons (Fsp3) is 0.0625. The van der Waals surface area contributed by atoms with Crippen LogP contribution in [0.4, 0.5) is 0 Å². The van der Waals surface area contributed by atoms with E-state index in [0.717, 1.165) is 21.8 Å². The minimum Gasteiger partial charge on any atom is -0.507 e. The summed E-state index contributed by atoms with van der Waals surface area (Å²) in [4.78, 5) is 5.86. The van der Waals surface area contributed by atoms with Gasteiger partial charge in [0.15, 0.2) is 0 Å². The zero-order valence-electron chi connectivity index (χ0n) is 10.9. The van der Waals surface area contributed by atoms with Gasteiger partial charge in [-0.05, 0) is 30.5 Å². The highest BCUT2D eigenvalue weighted by Crippen LogP contribution is 2.34. The summed E-state index contributed by atoms with van der Waals surface area (Å²) in [6, 6.07) is 15.6. The number of aromatic hydroxyl groups is 1. The Hall–Kier alpha value is -1.78. The molecule has 100 valence electrons. The van der Waals surface area contributed by atoms with E-state index >= 15 is 0 Å². The monoisotopic (exact) mass is 299 g/mol. The van der Waals surface area contributed by atoms with Crippen LogP contribution < -0.4 is 0 Å². The lowest BCUT2D eigenvalue weighted by atomic mass is 10.2.